The number of hydrogen-bond acceptors (Lipinski definition) is 4. The smallest absolute Gasteiger partial charge is 0.0646 e. The molecule has 15 heavy (non-hydrogen) atoms. The summed E-state index contributed by atoms with van der Waals surface area (Å²) in [5.74, 6) is 1.27. The van der Waals surface area contributed by atoms with E-state index in [1.165, 1.54) is 16.4 Å². The second-order valence-corrected chi connectivity index (χ2v) is 6.24. The van der Waals surface area contributed by atoms with Crippen LogP contribution in [0.4, 0.5) is 0 Å². The average Bonchev–Trinajstić information content (AvgIpc) is 2.78. The van der Waals surface area contributed by atoms with Gasteiger partial charge >= 0.3 is 0 Å². The molecule has 2 aliphatic heterocycles. The van der Waals surface area contributed by atoms with E-state index in [1.54, 1.807) is 5.56 Å². The van der Waals surface area contributed by atoms with Crippen molar-refractivity contribution in [1.82, 2.24) is 4.90 Å². The lowest BCUT2D eigenvalue weighted by atomic mass is 10.1. The molecule has 1 atom stereocenters. The first-order chi connectivity index (χ1) is 7.45. The Morgan fingerprint density at radius 3 is 3.07 bits per heavy atom. The quantitative estimate of drug-likeness (QED) is 0.750. The fraction of sp³-hybridized carbons (Fsp3) is 0.636. The highest BCUT2D eigenvalue weighted by atomic mass is 32.2. The maximum absolute atomic E-state index is 5.42. The van der Waals surface area contributed by atoms with Crippen LogP contribution in [0.1, 0.15) is 18.0 Å². The van der Waals surface area contributed by atoms with Crippen molar-refractivity contribution in [3.8, 4) is 0 Å². The molecule has 2 nitrogen and oxygen atoms in total. The van der Waals surface area contributed by atoms with Crippen LogP contribution in [0.25, 0.3) is 0 Å². The van der Waals surface area contributed by atoms with E-state index in [0.717, 1.165) is 26.3 Å². The Morgan fingerprint density at radius 2 is 2.20 bits per heavy atom. The minimum absolute atomic E-state index is 0.663. The van der Waals surface area contributed by atoms with E-state index in [2.05, 4.69) is 16.3 Å². The highest BCUT2D eigenvalue weighted by Crippen LogP contribution is 2.42. The first kappa shape index (κ1) is 10.1. The Morgan fingerprint density at radius 1 is 1.33 bits per heavy atom. The van der Waals surface area contributed by atoms with Gasteiger partial charge in [0.1, 0.15) is 0 Å². The van der Waals surface area contributed by atoms with Crippen molar-refractivity contribution in [1.29, 1.82) is 0 Å². The van der Waals surface area contributed by atoms with E-state index >= 15 is 0 Å². The van der Waals surface area contributed by atoms with Crippen molar-refractivity contribution in [2.45, 2.75) is 16.7 Å². The number of rotatable bonds is 1. The Balaban J connectivity index is 1.82. The molecule has 0 aromatic carbocycles. The van der Waals surface area contributed by atoms with Crippen LogP contribution in [0.2, 0.25) is 0 Å². The summed E-state index contributed by atoms with van der Waals surface area (Å²) in [4.78, 5) is 2.59. The second-order valence-electron chi connectivity index (χ2n) is 3.96. The van der Waals surface area contributed by atoms with Gasteiger partial charge in [0, 0.05) is 24.9 Å². The van der Waals surface area contributed by atoms with Gasteiger partial charge in [-0.3, -0.25) is 4.90 Å². The summed E-state index contributed by atoms with van der Waals surface area (Å²) in [5.41, 5.74) is 1.57. The minimum Gasteiger partial charge on any atom is -0.379 e. The van der Waals surface area contributed by atoms with Crippen LogP contribution in [0.3, 0.4) is 0 Å². The number of morpholine rings is 1. The Bertz CT molecular complexity index is 333. The van der Waals surface area contributed by atoms with Crippen molar-refractivity contribution in [3.63, 3.8) is 0 Å². The second kappa shape index (κ2) is 4.45. The summed E-state index contributed by atoms with van der Waals surface area (Å²) in [7, 11) is 0. The normalized spacial score (nSPS) is 27.6. The molecule has 82 valence electrons. The van der Waals surface area contributed by atoms with Gasteiger partial charge in [-0.15, -0.1) is 23.1 Å². The summed E-state index contributed by atoms with van der Waals surface area (Å²) < 4.78 is 6.96. The Kier molecular flexibility index (Phi) is 3.01. The van der Waals surface area contributed by atoms with Gasteiger partial charge in [0.05, 0.1) is 17.4 Å². The highest BCUT2D eigenvalue weighted by Gasteiger charge is 2.27. The third kappa shape index (κ3) is 1.96. The fourth-order valence-corrected chi connectivity index (χ4v) is 4.62. The summed E-state index contributed by atoms with van der Waals surface area (Å²) in [5, 5.41) is 2.23. The Hall–Kier alpha value is -0.0300. The van der Waals surface area contributed by atoms with Gasteiger partial charge in [-0.2, -0.15) is 0 Å². The van der Waals surface area contributed by atoms with E-state index < -0.39 is 0 Å². The molecule has 1 fully saturated rings. The summed E-state index contributed by atoms with van der Waals surface area (Å²) in [6.45, 7) is 4.02. The fourth-order valence-electron chi connectivity index (χ4n) is 2.36. The van der Waals surface area contributed by atoms with E-state index in [4.69, 9.17) is 4.74 Å². The lowest BCUT2D eigenvalue weighted by Crippen LogP contribution is -2.39. The van der Waals surface area contributed by atoms with E-state index in [-0.39, 0.29) is 0 Å². The molecule has 1 unspecified atom stereocenters. The van der Waals surface area contributed by atoms with Crippen LogP contribution in [0.15, 0.2) is 15.7 Å². The number of fused-ring (bicyclic) bond motifs is 1. The monoisotopic (exact) mass is 241 g/mol. The topological polar surface area (TPSA) is 12.5 Å². The third-order valence-electron chi connectivity index (χ3n) is 3.13. The van der Waals surface area contributed by atoms with Crippen molar-refractivity contribution < 1.29 is 4.74 Å². The molecule has 0 bridgehead atoms. The molecule has 2 aliphatic rings. The maximum atomic E-state index is 5.42. The molecule has 0 spiro atoms. The van der Waals surface area contributed by atoms with Gasteiger partial charge in [-0.25, -0.2) is 0 Å². The van der Waals surface area contributed by atoms with Gasteiger partial charge in [0.2, 0.25) is 0 Å². The third-order valence-corrected chi connectivity index (χ3v) is 5.43. The highest BCUT2D eigenvalue weighted by molar-refractivity contribution is 8.01. The summed E-state index contributed by atoms with van der Waals surface area (Å²) in [6, 6.07) is 2.98. The van der Waals surface area contributed by atoms with Crippen LogP contribution in [-0.2, 0) is 4.74 Å². The molecule has 0 radical (unpaired) electrons. The molecule has 1 aromatic heterocycles. The number of thiophene rings is 1. The van der Waals surface area contributed by atoms with Gasteiger partial charge in [-0.05, 0) is 23.4 Å². The van der Waals surface area contributed by atoms with Gasteiger partial charge in [-0.1, -0.05) is 0 Å². The van der Waals surface area contributed by atoms with Crippen LogP contribution in [-0.4, -0.2) is 37.0 Å². The zero-order valence-corrected chi connectivity index (χ0v) is 10.3. The molecule has 1 saturated heterocycles. The molecule has 3 heterocycles. The predicted molar refractivity (Wildman–Crippen MR) is 64.8 cm³/mol. The molecule has 3 rings (SSSR count). The van der Waals surface area contributed by atoms with Crippen LogP contribution in [0.5, 0.6) is 0 Å². The number of ether oxygens (including phenoxy) is 1. The Labute approximate surface area is 98.6 Å². The van der Waals surface area contributed by atoms with Crippen molar-refractivity contribution in [2.75, 3.05) is 32.1 Å². The summed E-state index contributed by atoms with van der Waals surface area (Å²) >= 11 is 3.92. The lowest BCUT2D eigenvalue weighted by molar-refractivity contribution is 0.0148. The molecule has 0 saturated carbocycles. The molecular weight excluding hydrogens is 226 g/mol. The standard InChI is InChI=1S/C11H15NOS2/c1-7-14-11-9(1)10(2-8-15-11)12-3-5-13-6-4-12/h1,7,10H,2-6,8H2. The number of thioether (sulfide) groups is 1. The zero-order valence-electron chi connectivity index (χ0n) is 8.65. The number of nitrogens with zero attached hydrogens (tertiary/aromatic N) is 1. The number of hydrogen-bond donors (Lipinski definition) is 0. The van der Waals surface area contributed by atoms with Gasteiger partial charge in [0.25, 0.3) is 0 Å². The molecule has 4 heteroatoms. The maximum Gasteiger partial charge on any atom is 0.0646 e. The lowest BCUT2D eigenvalue weighted by Gasteiger charge is -2.36. The van der Waals surface area contributed by atoms with Crippen molar-refractivity contribution in [3.05, 3.63) is 17.0 Å². The van der Waals surface area contributed by atoms with Gasteiger partial charge < -0.3 is 4.74 Å². The minimum atomic E-state index is 0.663. The molecule has 0 amide bonds. The molecule has 0 aliphatic carbocycles. The predicted octanol–water partition coefficient (Wildman–Crippen LogP) is 2.62. The van der Waals surface area contributed by atoms with Gasteiger partial charge in [0.15, 0.2) is 0 Å². The molecule has 1 aromatic rings. The van der Waals surface area contributed by atoms with E-state index in [1.807, 2.05) is 23.1 Å². The average molecular weight is 241 g/mol. The van der Waals surface area contributed by atoms with Crippen LogP contribution < -0.4 is 0 Å². The van der Waals surface area contributed by atoms with Crippen molar-refractivity contribution in [2.24, 2.45) is 0 Å². The first-order valence-electron chi connectivity index (χ1n) is 5.47. The van der Waals surface area contributed by atoms with E-state index in [0.29, 0.717) is 6.04 Å². The molecular formula is C11H15NOS2. The van der Waals surface area contributed by atoms with Crippen molar-refractivity contribution >= 4 is 23.1 Å². The van der Waals surface area contributed by atoms with E-state index in [9.17, 15) is 0 Å². The molecule has 0 N–H and O–H groups in total. The first-order valence-corrected chi connectivity index (χ1v) is 7.33. The summed E-state index contributed by atoms with van der Waals surface area (Å²) in [6.07, 6.45) is 1.30. The van der Waals surface area contributed by atoms with Crippen LogP contribution in [0, 0.1) is 0 Å². The van der Waals surface area contributed by atoms with Crippen LogP contribution >= 0.6 is 23.1 Å². The largest absolute Gasteiger partial charge is 0.379 e. The SMILES string of the molecule is c1cc2c(s1)SCCC2N1CCOCC1. The zero-order chi connectivity index (χ0) is 10.1.